The fourth-order valence-electron chi connectivity index (χ4n) is 2.53. The van der Waals surface area contributed by atoms with Gasteiger partial charge in [-0.2, -0.15) is 0 Å². The van der Waals surface area contributed by atoms with Gasteiger partial charge >= 0.3 is 0 Å². The molecule has 1 aliphatic rings. The zero-order chi connectivity index (χ0) is 13.7. The van der Waals surface area contributed by atoms with Gasteiger partial charge in [0.15, 0.2) is 0 Å². The zero-order valence-electron chi connectivity index (χ0n) is 11.4. The second kappa shape index (κ2) is 6.66. The molecule has 1 heterocycles. The molecule has 0 saturated carbocycles. The maximum Gasteiger partial charge on any atom is 0.226 e. The molecule has 0 aliphatic carbocycles. The molecule has 1 unspecified atom stereocenters. The van der Waals surface area contributed by atoms with Crippen LogP contribution in [0.15, 0.2) is 24.3 Å². The van der Waals surface area contributed by atoms with E-state index in [1.54, 1.807) is 23.1 Å². The van der Waals surface area contributed by atoms with Crippen LogP contribution >= 0.6 is 0 Å². The maximum absolute atomic E-state index is 13.9. The number of hydrogen-bond donors (Lipinski definition) is 1. The highest BCUT2D eigenvalue weighted by Crippen LogP contribution is 2.22. The molecule has 0 bridgehead atoms. The molecule has 1 atom stereocenters. The Balaban J connectivity index is 2.16. The monoisotopic (exact) mass is 264 g/mol. The fourth-order valence-corrected chi connectivity index (χ4v) is 2.53. The van der Waals surface area contributed by atoms with E-state index in [2.05, 4.69) is 5.32 Å². The zero-order valence-corrected chi connectivity index (χ0v) is 11.4. The molecule has 0 radical (unpaired) electrons. The third kappa shape index (κ3) is 3.53. The largest absolute Gasteiger partial charge is 0.316 e. The molecule has 0 spiro atoms. The van der Waals surface area contributed by atoms with Crippen LogP contribution in [0, 0.1) is 11.7 Å². The third-order valence-corrected chi connectivity index (χ3v) is 3.59. The first-order chi connectivity index (χ1) is 9.22. The quantitative estimate of drug-likeness (QED) is 0.906. The number of carbonyl (C=O) groups excluding carboxylic acids is 1. The maximum atomic E-state index is 13.9. The first-order valence-electron chi connectivity index (χ1n) is 6.98. The van der Waals surface area contributed by atoms with Crippen molar-refractivity contribution in [1.29, 1.82) is 0 Å². The number of nitrogens with one attached hydrogen (secondary N) is 1. The summed E-state index contributed by atoms with van der Waals surface area (Å²) < 4.78 is 13.9. The summed E-state index contributed by atoms with van der Waals surface area (Å²) in [4.78, 5) is 13.7. The van der Waals surface area contributed by atoms with Gasteiger partial charge in [0.2, 0.25) is 5.91 Å². The van der Waals surface area contributed by atoms with Gasteiger partial charge in [0.25, 0.3) is 0 Å². The minimum Gasteiger partial charge on any atom is -0.316 e. The number of nitrogens with zero attached hydrogens (tertiary/aromatic N) is 1. The van der Waals surface area contributed by atoms with E-state index in [0.29, 0.717) is 24.6 Å². The van der Waals surface area contributed by atoms with E-state index in [4.69, 9.17) is 0 Å². The Labute approximate surface area is 113 Å². The van der Waals surface area contributed by atoms with Crippen LogP contribution in [0.25, 0.3) is 0 Å². The van der Waals surface area contributed by atoms with Crippen molar-refractivity contribution in [3.8, 4) is 0 Å². The van der Waals surface area contributed by atoms with Gasteiger partial charge in [0.1, 0.15) is 5.82 Å². The lowest BCUT2D eigenvalue weighted by atomic mass is 9.98. The first-order valence-corrected chi connectivity index (χ1v) is 6.98. The van der Waals surface area contributed by atoms with Crippen LogP contribution in [0.2, 0.25) is 0 Å². The van der Waals surface area contributed by atoms with Crippen molar-refractivity contribution in [2.75, 3.05) is 24.5 Å². The lowest BCUT2D eigenvalue weighted by Gasteiger charge is -2.30. The summed E-state index contributed by atoms with van der Waals surface area (Å²) in [6.45, 7) is 4.36. The van der Waals surface area contributed by atoms with E-state index in [0.717, 1.165) is 25.9 Å². The molecule has 2 rings (SSSR count). The normalized spacial score (nSPS) is 19.2. The number of anilines is 1. The summed E-state index contributed by atoms with van der Waals surface area (Å²) in [6.07, 6.45) is 2.61. The van der Waals surface area contributed by atoms with Crippen LogP contribution in [-0.2, 0) is 4.79 Å². The van der Waals surface area contributed by atoms with Crippen molar-refractivity contribution >= 4 is 11.6 Å². The van der Waals surface area contributed by atoms with Crippen LogP contribution in [0.1, 0.15) is 26.2 Å². The third-order valence-electron chi connectivity index (χ3n) is 3.59. The molecule has 4 heteroatoms. The number of carbonyl (C=O) groups is 1. The number of halogens is 1. The molecule has 1 aromatic rings. The minimum atomic E-state index is -0.326. The highest BCUT2D eigenvalue weighted by Gasteiger charge is 2.22. The summed E-state index contributed by atoms with van der Waals surface area (Å²) >= 11 is 0. The van der Waals surface area contributed by atoms with Crippen LogP contribution < -0.4 is 10.2 Å². The Kier molecular flexibility index (Phi) is 4.91. The predicted molar refractivity (Wildman–Crippen MR) is 74.6 cm³/mol. The molecule has 1 fully saturated rings. The molecule has 1 aromatic carbocycles. The van der Waals surface area contributed by atoms with Crippen LogP contribution in [-0.4, -0.2) is 25.5 Å². The Morgan fingerprint density at radius 3 is 2.89 bits per heavy atom. The van der Waals surface area contributed by atoms with Crippen LogP contribution in [0.3, 0.4) is 0 Å². The molecular weight excluding hydrogens is 243 g/mol. The van der Waals surface area contributed by atoms with Gasteiger partial charge in [-0.1, -0.05) is 19.1 Å². The molecule has 1 amide bonds. The van der Waals surface area contributed by atoms with Gasteiger partial charge in [-0.05, 0) is 44.0 Å². The number of rotatable bonds is 4. The van der Waals surface area contributed by atoms with Crippen molar-refractivity contribution in [2.24, 2.45) is 5.92 Å². The SMILES string of the molecule is CCC(=O)N(CC1CCCNC1)c1ccccc1F. The van der Waals surface area contributed by atoms with E-state index in [9.17, 15) is 9.18 Å². The van der Waals surface area contributed by atoms with E-state index < -0.39 is 0 Å². The van der Waals surface area contributed by atoms with Gasteiger partial charge < -0.3 is 10.2 Å². The van der Waals surface area contributed by atoms with Gasteiger partial charge in [-0.3, -0.25) is 4.79 Å². The minimum absolute atomic E-state index is 0.0179. The van der Waals surface area contributed by atoms with Gasteiger partial charge in [0, 0.05) is 13.0 Å². The first kappa shape index (κ1) is 14.0. The summed E-state index contributed by atoms with van der Waals surface area (Å²) in [5, 5.41) is 3.33. The molecule has 1 N–H and O–H groups in total. The highest BCUT2D eigenvalue weighted by molar-refractivity contribution is 5.93. The van der Waals surface area contributed by atoms with Crippen molar-refractivity contribution in [3.05, 3.63) is 30.1 Å². The van der Waals surface area contributed by atoms with Crippen molar-refractivity contribution < 1.29 is 9.18 Å². The van der Waals surface area contributed by atoms with Crippen LogP contribution in [0.4, 0.5) is 10.1 Å². The topological polar surface area (TPSA) is 32.3 Å². The molecule has 104 valence electrons. The van der Waals surface area contributed by atoms with E-state index in [1.807, 2.05) is 6.92 Å². The Hall–Kier alpha value is -1.42. The highest BCUT2D eigenvalue weighted by atomic mass is 19.1. The predicted octanol–water partition coefficient (Wildman–Crippen LogP) is 2.57. The molecular formula is C15H21FN2O. The van der Waals surface area contributed by atoms with E-state index in [1.165, 1.54) is 6.07 Å². The molecule has 3 nitrogen and oxygen atoms in total. The fraction of sp³-hybridized carbons (Fsp3) is 0.533. The van der Waals surface area contributed by atoms with Crippen molar-refractivity contribution in [1.82, 2.24) is 5.32 Å². The number of piperidine rings is 1. The van der Waals surface area contributed by atoms with Crippen molar-refractivity contribution in [3.63, 3.8) is 0 Å². The summed E-state index contributed by atoms with van der Waals surface area (Å²) in [5.41, 5.74) is 0.403. The second-order valence-corrected chi connectivity index (χ2v) is 5.02. The summed E-state index contributed by atoms with van der Waals surface area (Å²) in [5.74, 6) is 0.0626. The van der Waals surface area contributed by atoms with Gasteiger partial charge in [-0.25, -0.2) is 4.39 Å². The summed E-state index contributed by atoms with van der Waals surface area (Å²) in [7, 11) is 0. The molecule has 0 aromatic heterocycles. The molecule has 1 saturated heterocycles. The number of benzene rings is 1. The molecule has 19 heavy (non-hydrogen) atoms. The van der Waals surface area contributed by atoms with E-state index in [-0.39, 0.29) is 11.7 Å². The number of amides is 1. The van der Waals surface area contributed by atoms with Gasteiger partial charge in [-0.15, -0.1) is 0 Å². The average Bonchev–Trinajstić information content (AvgIpc) is 2.46. The Morgan fingerprint density at radius 1 is 1.47 bits per heavy atom. The van der Waals surface area contributed by atoms with Gasteiger partial charge in [0.05, 0.1) is 5.69 Å². The molecule has 1 aliphatic heterocycles. The van der Waals surface area contributed by atoms with Crippen LogP contribution in [0.5, 0.6) is 0 Å². The lowest BCUT2D eigenvalue weighted by Crippen LogP contribution is -2.41. The smallest absolute Gasteiger partial charge is 0.226 e. The average molecular weight is 264 g/mol. The number of hydrogen-bond acceptors (Lipinski definition) is 2. The summed E-state index contributed by atoms with van der Waals surface area (Å²) in [6, 6.07) is 6.51. The van der Waals surface area contributed by atoms with Crippen molar-refractivity contribution in [2.45, 2.75) is 26.2 Å². The number of para-hydroxylation sites is 1. The van der Waals surface area contributed by atoms with E-state index >= 15 is 0 Å². The Bertz CT molecular complexity index is 430. The Morgan fingerprint density at radius 2 is 2.26 bits per heavy atom. The lowest BCUT2D eigenvalue weighted by molar-refractivity contribution is -0.118. The second-order valence-electron chi connectivity index (χ2n) is 5.02. The standard InChI is InChI=1S/C15H21FN2O/c1-2-15(19)18(11-12-6-5-9-17-10-12)14-8-4-3-7-13(14)16/h3-4,7-8,12,17H,2,5-6,9-11H2,1H3.